The van der Waals surface area contributed by atoms with Gasteiger partial charge in [0, 0.05) is 22.7 Å². The van der Waals surface area contributed by atoms with Crippen LogP contribution in [0.4, 0.5) is 17.1 Å². The van der Waals surface area contributed by atoms with Gasteiger partial charge in [-0.15, -0.1) is 0 Å². The molecule has 0 saturated heterocycles. The Hall–Kier alpha value is -5.10. The zero-order valence-electron chi connectivity index (χ0n) is 20.4. The largest absolute Gasteiger partial charge is 0.310 e. The van der Waals surface area contributed by atoms with E-state index >= 15 is 0 Å². The second kappa shape index (κ2) is 7.23. The quantitative estimate of drug-likeness (QED) is 0.332. The lowest BCUT2D eigenvalue weighted by atomic mass is 9.34. The van der Waals surface area contributed by atoms with Crippen LogP contribution < -0.4 is 21.3 Å². The highest BCUT2D eigenvalue weighted by molar-refractivity contribution is 7.00. The van der Waals surface area contributed by atoms with Crippen molar-refractivity contribution in [1.29, 1.82) is 0 Å². The monoisotopic (exact) mass is 485 g/mol. The summed E-state index contributed by atoms with van der Waals surface area (Å²) in [7, 11) is 0. The smallest absolute Gasteiger partial charge is 0.252 e. The van der Waals surface area contributed by atoms with Crippen molar-refractivity contribution in [3.8, 4) is 11.4 Å². The number of hydrogen-bond acceptors (Lipinski definition) is 3. The van der Waals surface area contributed by atoms with Crippen LogP contribution in [-0.2, 0) is 0 Å². The minimum atomic E-state index is 0.122. The third-order valence-corrected chi connectivity index (χ3v) is 8.04. The summed E-state index contributed by atoms with van der Waals surface area (Å²) < 4.78 is 4.56. The Morgan fingerprint density at radius 2 is 1.03 bits per heavy atom. The van der Waals surface area contributed by atoms with E-state index < -0.39 is 0 Å². The third-order valence-electron chi connectivity index (χ3n) is 8.04. The molecule has 2 aromatic heterocycles. The lowest BCUT2D eigenvalue weighted by Gasteiger charge is -2.34. The third kappa shape index (κ3) is 2.51. The molecule has 5 aromatic carbocycles. The zero-order valence-corrected chi connectivity index (χ0v) is 20.4. The first kappa shape index (κ1) is 20.0. The lowest BCUT2D eigenvalue weighted by molar-refractivity contribution is 1.06. The summed E-state index contributed by atoms with van der Waals surface area (Å²) in [6.45, 7) is 0.122. The first-order chi connectivity index (χ1) is 18.9. The molecule has 0 spiro atoms. The molecule has 0 atom stereocenters. The molecule has 0 saturated carbocycles. The van der Waals surface area contributed by atoms with Gasteiger partial charge in [0.1, 0.15) is 12.7 Å². The van der Waals surface area contributed by atoms with Crippen LogP contribution in [-0.4, -0.2) is 25.8 Å². The van der Waals surface area contributed by atoms with Crippen molar-refractivity contribution in [3.63, 3.8) is 0 Å². The van der Waals surface area contributed by atoms with Crippen molar-refractivity contribution >= 4 is 62.2 Å². The van der Waals surface area contributed by atoms with E-state index in [0.29, 0.717) is 0 Å². The minimum absolute atomic E-state index is 0.122. The van der Waals surface area contributed by atoms with Crippen molar-refractivity contribution in [3.05, 3.63) is 122 Å². The number of anilines is 3. The summed E-state index contributed by atoms with van der Waals surface area (Å²) in [6, 6.07) is 38.8. The average molecular weight is 485 g/mol. The number of fused-ring (bicyclic) bond motifs is 4. The van der Waals surface area contributed by atoms with E-state index in [9.17, 15) is 0 Å². The molecule has 5 nitrogen and oxygen atoms in total. The van der Waals surface area contributed by atoms with Gasteiger partial charge in [0.15, 0.2) is 0 Å². The number of hydrogen-bond donors (Lipinski definition) is 0. The van der Waals surface area contributed by atoms with Gasteiger partial charge >= 0.3 is 0 Å². The summed E-state index contributed by atoms with van der Waals surface area (Å²) >= 11 is 0. The predicted octanol–water partition coefficient (Wildman–Crippen LogP) is 4.98. The predicted molar refractivity (Wildman–Crippen MR) is 155 cm³/mol. The first-order valence-electron chi connectivity index (χ1n) is 12.9. The van der Waals surface area contributed by atoms with Gasteiger partial charge in [-0.25, -0.2) is 9.97 Å². The summed E-state index contributed by atoms with van der Waals surface area (Å²) in [5, 5.41) is 0. The van der Waals surface area contributed by atoms with Gasteiger partial charge in [-0.2, -0.15) is 0 Å². The second-order valence-electron chi connectivity index (χ2n) is 10.00. The topological polar surface area (TPSA) is 38.9 Å². The van der Waals surface area contributed by atoms with Crippen LogP contribution in [0.2, 0.25) is 0 Å². The van der Waals surface area contributed by atoms with E-state index in [4.69, 9.17) is 9.97 Å². The van der Waals surface area contributed by atoms with Gasteiger partial charge < -0.3 is 4.90 Å². The molecule has 6 heteroatoms. The van der Waals surface area contributed by atoms with E-state index in [0.717, 1.165) is 39.5 Å². The second-order valence-corrected chi connectivity index (χ2v) is 10.00. The van der Waals surface area contributed by atoms with Gasteiger partial charge in [-0.1, -0.05) is 60.7 Å². The van der Waals surface area contributed by atoms with E-state index in [2.05, 4.69) is 123 Å². The highest BCUT2D eigenvalue weighted by Crippen LogP contribution is 2.38. The normalized spacial score (nSPS) is 12.7. The molecule has 2 aliphatic heterocycles. The summed E-state index contributed by atoms with van der Waals surface area (Å²) in [4.78, 5) is 12.0. The fourth-order valence-corrected chi connectivity index (χ4v) is 6.53. The van der Waals surface area contributed by atoms with Crippen LogP contribution in [0, 0.1) is 0 Å². The Kier molecular flexibility index (Phi) is 3.81. The molecule has 0 aliphatic carbocycles. The zero-order chi connectivity index (χ0) is 24.8. The molecule has 38 heavy (non-hydrogen) atoms. The highest BCUT2D eigenvalue weighted by atomic mass is 15.2. The SMILES string of the molecule is c1ccc(N(c2ccccc2)c2cc3c4c(c2)-n2cnc5cccc(c52)B4c2cccc4ncn-3c24)cc1. The van der Waals surface area contributed by atoms with E-state index in [1.165, 1.54) is 27.4 Å². The van der Waals surface area contributed by atoms with Crippen molar-refractivity contribution in [2.24, 2.45) is 0 Å². The van der Waals surface area contributed by atoms with Crippen LogP contribution in [0.1, 0.15) is 0 Å². The standard InChI is InChI=1S/C32H20BN5/c1-3-9-21(10-4-1)38(22-11-5-2-6-12-22)23-17-28-30-29(18-23)37-20-35-27-16-8-14-25(32(27)37)33(30)24-13-7-15-26-31(24)36(28)19-34-26/h1-20H. The number of para-hydroxylation sites is 4. The number of aromatic nitrogens is 4. The molecular weight excluding hydrogens is 465 g/mol. The van der Waals surface area contributed by atoms with Crippen LogP contribution >= 0.6 is 0 Å². The maximum Gasteiger partial charge on any atom is 0.252 e. The lowest BCUT2D eigenvalue weighted by Crippen LogP contribution is -2.59. The van der Waals surface area contributed by atoms with Crippen molar-refractivity contribution < 1.29 is 0 Å². The van der Waals surface area contributed by atoms with Gasteiger partial charge in [-0.05, 0) is 64.9 Å². The molecule has 176 valence electrons. The Bertz CT molecular complexity index is 1900. The number of benzene rings is 5. The molecule has 4 heterocycles. The Morgan fingerprint density at radius 3 is 1.53 bits per heavy atom. The summed E-state index contributed by atoms with van der Waals surface area (Å²) in [6.07, 6.45) is 3.95. The fourth-order valence-electron chi connectivity index (χ4n) is 6.53. The molecule has 0 bridgehead atoms. The molecule has 0 radical (unpaired) electrons. The molecule has 7 aromatic rings. The Morgan fingerprint density at radius 1 is 0.526 bits per heavy atom. The van der Waals surface area contributed by atoms with Crippen LogP contribution in [0.25, 0.3) is 33.4 Å². The highest BCUT2D eigenvalue weighted by Gasteiger charge is 2.40. The number of imidazole rings is 2. The van der Waals surface area contributed by atoms with E-state index in [1.807, 2.05) is 12.7 Å². The number of nitrogens with zero attached hydrogens (tertiary/aromatic N) is 5. The van der Waals surface area contributed by atoms with Gasteiger partial charge in [0.2, 0.25) is 0 Å². The Labute approximate surface area is 219 Å². The molecule has 0 unspecified atom stereocenters. The van der Waals surface area contributed by atoms with Crippen molar-refractivity contribution in [2.75, 3.05) is 4.90 Å². The van der Waals surface area contributed by atoms with Crippen molar-refractivity contribution in [1.82, 2.24) is 19.1 Å². The molecule has 2 aliphatic rings. The van der Waals surface area contributed by atoms with E-state index in [-0.39, 0.29) is 6.71 Å². The number of rotatable bonds is 3. The summed E-state index contributed by atoms with van der Waals surface area (Å²) in [5.41, 5.74) is 13.9. The van der Waals surface area contributed by atoms with Gasteiger partial charge in [-0.3, -0.25) is 9.13 Å². The van der Waals surface area contributed by atoms with Crippen molar-refractivity contribution in [2.45, 2.75) is 0 Å². The first-order valence-corrected chi connectivity index (χ1v) is 12.9. The maximum absolute atomic E-state index is 4.81. The molecular formula is C32H20BN5. The van der Waals surface area contributed by atoms with Gasteiger partial charge in [0.25, 0.3) is 6.71 Å². The van der Waals surface area contributed by atoms with Crippen LogP contribution in [0.3, 0.4) is 0 Å². The maximum atomic E-state index is 4.81. The molecule has 0 N–H and O–H groups in total. The van der Waals surface area contributed by atoms with E-state index in [1.54, 1.807) is 0 Å². The fraction of sp³-hybridized carbons (Fsp3) is 0. The average Bonchev–Trinajstić information content (AvgIpc) is 3.61. The minimum Gasteiger partial charge on any atom is -0.310 e. The Balaban J connectivity index is 1.43. The molecule has 0 fully saturated rings. The molecule has 0 amide bonds. The van der Waals surface area contributed by atoms with Gasteiger partial charge in [0.05, 0.1) is 27.8 Å². The van der Waals surface area contributed by atoms with Crippen LogP contribution in [0.5, 0.6) is 0 Å². The summed E-state index contributed by atoms with van der Waals surface area (Å²) in [5.74, 6) is 0. The van der Waals surface area contributed by atoms with Crippen LogP contribution in [0.15, 0.2) is 122 Å². The molecule has 9 rings (SSSR count).